The molecule has 0 aliphatic carbocycles. The Kier molecular flexibility index (Phi) is 8.91. The van der Waals surface area contributed by atoms with Crippen molar-refractivity contribution in [2.75, 3.05) is 47.9 Å². The largest absolute Gasteiger partial charge is 0.381 e. The van der Waals surface area contributed by atoms with Gasteiger partial charge in [-0.15, -0.1) is 24.0 Å². The van der Waals surface area contributed by atoms with Gasteiger partial charge in [0.05, 0.1) is 11.9 Å². The second-order valence-corrected chi connectivity index (χ2v) is 7.62. The number of hydrogen-bond acceptors (Lipinski definition) is 4. The second kappa shape index (κ2) is 10.9. The van der Waals surface area contributed by atoms with Gasteiger partial charge in [-0.3, -0.25) is 4.99 Å². The number of guanidine groups is 1. The van der Waals surface area contributed by atoms with Crippen molar-refractivity contribution in [2.45, 2.75) is 24.9 Å². The lowest BCUT2D eigenvalue weighted by atomic mass is 9.88. The van der Waals surface area contributed by atoms with Crippen molar-refractivity contribution in [3.63, 3.8) is 0 Å². The highest BCUT2D eigenvalue weighted by Gasteiger charge is 2.35. The topological polar surface area (TPSA) is 57.9 Å². The zero-order chi connectivity index (χ0) is 20.0. The predicted molar refractivity (Wildman–Crippen MR) is 128 cm³/mol. The first-order valence-electron chi connectivity index (χ1n) is 9.80. The molecule has 0 unspecified atom stereocenters. The molecule has 0 saturated carbocycles. The average Bonchev–Trinajstić information content (AvgIpc) is 3.18. The van der Waals surface area contributed by atoms with Crippen LogP contribution in [0.1, 0.15) is 18.4 Å². The Bertz CT molecular complexity index is 770. The monoisotopic (exact) mass is 512 g/mol. The first-order chi connectivity index (χ1) is 13.5. The van der Waals surface area contributed by atoms with Gasteiger partial charge >= 0.3 is 0 Å². The number of aliphatic imine (C=N–C) groups is 1. The van der Waals surface area contributed by atoms with Crippen LogP contribution in [-0.4, -0.2) is 79.0 Å². The first kappa shape index (κ1) is 23.6. The van der Waals surface area contributed by atoms with E-state index in [1.54, 1.807) is 0 Å². The van der Waals surface area contributed by atoms with Crippen molar-refractivity contribution >= 4 is 29.9 Å². The molecule has 1 aromatic heterocycles. The van der Waals surface area contributed by atoms with E-state index in [1.807, 2.05) is 36.1 Å². The van der Waals surface area contributed by atoms with Gasteiger partial charge in [0.15, 0.2) is 5.96 Å². The number of para-hydroxylation sites is 1. The summed E-state index contributed by atoms with van der Waals surface area (Å²) in [6.45, 7) is 3.22. The van der Waals surface area contributed by atoms with Crippen molar-refractivity contribution < 1.29 is 4.74 Å². The third-order valence-corrected chi connectivity index (χ3v) is 5.60. The van der Waals surface area contributed by atoms with Gasteiger partial charge in [0.1, 0.15) is 0 Å². The third-order valence-electron chi connectivity index (χ3n) is 5.60. The van der Waals surface area contributed by atoms with Crippen LogP contribution in [-0.2, 0) is 11.3 Å². The molecule has 1 aliphatic rings. The molecule has 0 radical (unpaired) electrons. The molecule has 1 aliphatic heterocycles. The van der Waals surface area contributed by atoms with Crippen molar-refractivity contribution in [3.8, 4) is 5.69 Å². The summed E-state index contributed by atoms with van der Waals surface area (Å²) < 4.78 is 7.47. The molecule has 1 saturated heterocycles. The molecular weight excluding hydrogens is 479 g/mol. The van der Waals surface area contributed by atoms with Crippen LogP contribution in [0, 0.1) is 0 Å². The Balaban J connectivity index is 0.00000300. The standard InChI is InChI=1S/C21H32N6O.HI/c1-22-20(23-17-21(25(2)3)10-12-28-13-11-21)26(4)15-18-14-24-27(16-18)19-8-6-5-7-9-19;/h5-9,14,16H,10-13,15,17H2,1-4H3,(H,22,23);1H. The van der Waals surface area contributed by atoms with Gasteiger partial charge in [0, 0.05) is 57.7 Å². The van der Waals surface area contributed by atoms with Gasteiger partial charge in [-0.25, -0.2) is 4.68 Å². The second-order valence-electron chi connectivity index (χ2n) is 7.62. The smallest absolute Gasteiger partial charge is 0.193 e. The normalized spacial score (nSPS) is 16.4. The minimum absolute atomic E-state index is 0. The molecule has 0 atom stereocenters. The minimum atomic E-state index is 0. The maximum Gasteiger partial charge on any atom is 0.193 e. The van der Waals surface area contributed by atoms with Gasteiger partial charge in [-0.1, -0.05) is 18.2 Å². The van der Waals surface area contributed by atoms with Gasteiger partial charge in [0.2, 0.25) is 0 Å². The van der Waals surface area contributed by atoms with Crippen LogP contribution in [0.3, 0.4) is 0 Å². The Hall–Kier alpha value is -1.65. The maximum absolute atomic E-state index is 5.57. The lowest BCUT2D eigenvalue weighted by Gasteiger charge is -2.43. The lowest BCUT2D eigenvalue weighted by molar-refractivity contribution is -0.00522. The van der Waals surface area contributed by atoms with E-state index in [-0.39, 0.29) is 29.5 Å². The molecule has 1 aromatic carbocycles. The highest BCUT2D eigenvalue weighted by molar-refractivity contribution is 14.0. The molecule has 2 aromatic rings. The zero-order valence-electron chi connectivity index (χ0n) is 17.8. The highest BCUT2D eigenvalue weighted by atomic mass is 127. The number of nitrogens with one attached hydrogen (secondary N) is 1. The predicted octanol–water partition coefficient (Wildman–Crippen LogP) is 2.61. The Morgan fingerprint density at radius 3 is 2.52 bits per heavy atom. The van der Waals surface area contributed by atoms with E-state index in [1.165, 1.54) is 0 Å². The molecule has 29 heavy (non-hydrogen) atoms. The van der Waals surface area contributed by atoms with E-state index in [0.29, 0.717) is 0 Å². The van der Waals surface area contributed by atoms with E-state index in [9.17, 15) is 0 Å². The average molecular weight is 512 g/mol. The van der Waals surface area contributed by atoms with Crippen molar-refractivity contribution in [3.05, 3.63) is 48.3 Å². The summed E-state index contributed by atoms with van der Waals surface area (Å²) in [7, 11) is 8.19. The van der Waals surface area contributed by atoms with Gasteiger partial charge in [0.25, 0.3) is 0 Å². The molecule has 8 heteroatoms. The number of ether oxygens (including phenoxy) is 1. The fourth-order valence-electron chi connectivity index (χ4n) is 3.67. The van der Waals surface area contributed by atoms with E-state index in [0.717, 1.165) is 56.4 Å². The number of hydrogen-bond donors (Lipinski definition) is 1. The fraction of sp³-hybridized carbons (Fsp3) is 0.524. The number of aromatic nitrogens is 2. The Morgan fingerprint density at radius 2 is 1.90 bits per heavy atom. The summed E-state index contributed by atoms with van der Waals surface area (Å²) in [6, 6.07) is 10.2. The van der Waals surface area contributed by atoms with Crippen molar-refractivity contribution in [2.24, 2.45) is 4.99 Å². The van der Waals surface area contributed by atoms with E-state index in [2.05, 4.69) is 64.7 Å². The van der Waals surface area contributed by atoms with E-state index < -0.39 is 0 Å². The molecule has 1 N–H and O–H groups in total. The quantitative estimate of drug-likeness (QED) is 0.367. The summed E-state index contributed by atoms with van der Waals surface area (Å²) in [5, 5.41) is 8.06. The van der Waals surface area contributed by atoms with Crippen LogP contribution in [0.2, 0.25) is 0 Å². The van der Waals surface area contributed by atoms with Crippen LogP contribution < -0.4 is 5.32 Å². The van der Waals surface area contributed by atoms with E-state index >= 15 is 0 Å². The summed E-state index contributed by atoms with van der Waals surface area (Å²) >= 11 is 0. The number of nitrogens with zero attached hydrogens (tertiary/aromatic N) is 5. The maximum atomic E-state index is 5.57. The molecule has 7 nitrogen and oxygen atoms in total. The van der Waals surface area contributed by atoms with Crippen LogP contribution in [0.4, 0.5) is 0 Å². The molecule has 0 bridgehead atoms. The van der Waals surface area contributed by atoms with E-state index in [4.69, 9.17) is 4.74 Å². The summed E-state index contributed by atoms with van der Waals surface area (Å²) in [4.78, 5) is 8.93. The van der Waals surface area contributed by atoms with Crippen LogP contribution >= 0.6 is 24.0 Å². The SMILES string of the molecule is CN=C(NCC1(N(C)C)CCOCC1)N(C)Cc1cnn(-c2ccccc2)c1.I. The van der Waals surface area contributed by atoms with Crippen LogP contribution in [0.15, 0.2) is 47.7 Å². The number of rotatable bonds is 6. The summed E-state index contributed by atoms with van der Waals surface area (Å²) in [5.74, 6) is 0.889. The van der Waals surface area contributed by atoms with Crippen molar-refractivity contribution in [1.29, 1.82) is 0 Å². The molecule has 2 heterocycles. The van der Waals surface area contributed by atoms with Crippen molar-refractivity contribution in [1.82, 2.24) is 24.9 Å². The van der Waals surface area contributed by atoms with Crippen LogP contribution in [0.25, 0.3) is 5.69 Å². The van der Waals surface area contributed by atoms with Crippen LogP contribution in [0.5, 0.6) is 0 Å². The third kappa shape index (κ3) is 5.93. The number of halogens is 1. The number of likely N-dealkylation sites (N-methyl/N-ethyl adjacent to an activating group) is 1. The highest BCUT2D eigenvalue weighted by Crippen LogP contribution is 2.25. The fourth-order valence-corrected chi connectivity index (χ4v) is 3.67. The number of benzene rings is 1. The lowest BCUT2D eigenvalue weighted by Crippen LogP contribution is -2.57. The molecule has 3 rings (SSSR count). The molecule has 1 fully saturated rings. The first-order valence-corrected chi connectivity index (χ1v) is 9.80. The zero-order valence-corrected chi connectivity index (χ0v) is 20.2. The molecule has 160 valence electrons. The summed E-state index contributed by atoms with van der Waals surface area (Å²) in [5.41, 5.74) is 2.31. The molecule has 0 amide bonds. The Morgan fingerprint density at radius 1 is 1.21 bits per heavy atom. The molecule has 0 spiro atoms. The summed E-state index contributed by atoms with van der Waals surface area (Å²) in [6.07, 6.45) is 6.03. The van der Waals surface area contributed by atoms with Gasteiger partial charge in [-0.05, 0) is 39.1 Å². The van der Waals surface area contributed by atoms with Gasteiger partial charge in [-0.2, -0.15) is 5.10 Å². The minimum Gasteiger partial charge on any atom is -0.381 e. The Labute approximate surface area is 191 Å². The van der Waals surface area contributed by atoms with Gasteiger partial charge < -0.3 is 19.9 Å². The molecular formula is C21H33IN6O.